The topological polar surface area (TPSA) is 53.4 Å². The van der Waals surface area contributed by atoms with Gasteiger partial charge in [-0.2, -0.15) is 0 Å². The van der Waals surface area contributed by atoms with E-state index >= 15 is 0 Å². The molecular weight excluding hydrogens is 247 g/mol. The third-order valence-electron chi connectivity index (χ3n) is 2.77. The number of carboxylic acid groups (broad SMARTS) is 1. The lowest BCUT2D eigenvalue weighted by Gasteiger charge is -2.19. The van der Waals surface area contributed by atoms with E-state index in [1.54, 1.807) is 36.2 Å². The second-order valence-electron chi connectivity index (χ2n) is 4.15. The van der Waals surface area contributed by atoms with Crippen molar-refractivity contribution in [3.8, 4) is 0 Å². The molecule has 0 bridgehead atoms. The number of halogens is 1. The molecule has 2 rings (SSSR count). The Bertz CT molecular complexity index is 602. The van der Waals surface area contributed by atoms with Gasteiger partial charge in [-0.15, -0.1) is 0 Å². The number of rotatable bonds is 4. The first-order valence-electron chi connectivity index (χ1n) is 5.72. The lowest BCUT2D eigenvalue weighted by molar-refractivity contribution is 0.0690. The molecule has 0 aliphatic rings. The molecule has 0 spiro atoms. The second-order valence-corrected chi connectivity index (χ2v) is 4.15. The van der Waals surface area contributed by atoms with Gasteiger partial charge < -0.3 is 10.0 Å². The van der Waals surface area contributed by atoms with E-state index in [1.165, 1.54) is 18.3 Å². The van der Waals surface area contributed by atoms with Gasteiger partial charge in [0.2, 0.25) is 0 Å². The van der Waals surface area contributed by atoms with E-state index in [-0.39, 0.29) is 11.5 Å². The van der Waals surface area contributed by atoms with Crippen molar-refractivity contribution >= 4 is 11.7 Å². The highest BCUT2D eigenvalue weighted by molar-refractivity contribution is 5.86. The lowest BCUT2D eigenvalue weighted by Crippen LogP contribution is -2.18. The molecular formula is C14H13FN2O2. The molecule has 0 atom stereocenters. The predicted octanol–water partition coefficient (Wildman–Crippen LogP) is 2.56. The summed E-state index contributed by atoms with van der Waals surface area (Å²) in [6, 6.07) is 9.65. The van der Waals surface area contributed by atoms with Gasteiger partial charge in [0.15, 0.2) is 0 Å². The maximum atomic E-state index is 13.5. The zero-order chi connectivity index (χ0) is 13.8. The van der Waals surface area contributed by atoms with Crippen LogP contribution in [-0.2, 0) is 6.54 Å². The first-order valence-corrected chi connectivity index (χ1v) is 5.72. The molecule has 0 aliphatic carbocycles. The number of aromatic carboxylic acids is 1. The average Bonchev–Trinajstić information content (AvgIpc) is 2.41. The Kier molecular flexibility index (Phi) is 3.75. The summed E-state index contributed by atoms with van der Waals surface area (Å²) in [5.41, 5.74) is 1.20. The van der Waals surface area contributed by atoms with E-state index in [1.807, 2.05) is 0 Å². The summed E-state index contributed by atoms with van der Waals surface area (Å²) in [7, 11) is 1.77. The minimum Gasteiger partial charge on any atom is -0.477 e. The number of pyridine rings is 1. The number of anilines is 1. The van der Waals surface area contributed by atoms with Crippen LogP contribution >= 0.6 is 0 Å². The van der Waals surface area contributed by atoms with Crippen molar-refractivity contribution in [1.29, 1.82) is 0 Å². The van der Waals surface area contributed by atoms with Crippen LogP contribution in [0.4, 0.5) is 10.1 Å². The molecule has 1 aromatic heterocycles. The molecule has 0 aliphatic heterocycles. The molecule has 0 unspecified atom stereocenters. The Morgan fingerprint density at radius 2 is 2.11 bits per heavy atom. The number of carboxylic acids is 1. The van der Waals surface area contributed by atoms with Crippen molar-refractivity contribution in [3.05, 3.63) is 59.7 Å². The number of carbonyl (C=O) groups is 1. The number of benzene rings is 1. The molecule has 0 radical (unpaired) electrons. The van der Waals surface area contributed by atoms with Gasteiger partial charge in [-0.3, -0.25) is 0 Å². The monoisotopic (exact) mass is 260 g/mol. The predicted molar refractivity (Wildman–Crippen MR) is 69.7 cm³/mol. The average molecular weight is 260 g/mol. The van der Waals surface area contributed by atoms with Crippen LogP contribution in [0.15, 0.2) is 42.6 Å². The third-order valence-corrected chi connectivity index (χ3v) is 2.77. The minimum atomic E-state index is -1.08. The summed E-state index contributed by atoms with van der Waals surface area (Å²) in [4.78, 5) is 16.4. The molecule has 0 saturated heterocycles. The zero-order valence-electron chi connectivity index (χ0n) is 10.4. The molecule has 1 N–H and O–H groups in total. The van der Waals surface area contributed by atoms with Gasteiger partial charge in [-0.05, 0) is 18.2 Å². The molecule has 2 aromatic rings. The van der Waals surface area contributed by atoms with Gasteiger partial charge in [-0.1, -0.05) is 18.2 Å². The van der Waals surface area contributed by atoms with Gasteiger partial charge >= 0.3 is 5.97 Å². The highest BCUT2D eigenvalue weighted by atomic mass is 19.1. The normalized spacial score (nSPS) is 10.2. The smallest absolute Gasteiger partial charge is 0.354 e. The zero-order valence-corrected chi connectivity index (χ0v) is 10.4. The molecule has 19 heavy (non-hydrogen) atoms. The Morgan fingerprint density at radius 1 is 1.37 bits per heavy atom. The molecule has 1 aromatic carbocycles. The summed E-state index contributed by atoms with van der Waals surface area (Å²) in [6.45, 7) is 0.357. The molecule has 5 heteroatoms. The Hall–Kier alpha value is -2.43. The van der Waals surface area contributed by atoms with Crippen molar-refractivity contribution in [2.45, 2.75) is 6.54 Å². The van der Waals surface area contributed by atoms with E-state index in [0.717, 1.165) is 0 Å². The fourth-order valence-corrected chi connectivity index (χ4v) is 1.75. The SMILES string of the molecule is CN(Cc1ccccc1F)c1ccnc(C(=O)O)c1. The van der Waals surface area contributed by atoms with Crippen molar-refractivity contribution in [1.82, 2.24) is 4.98 Å². The first-order chi connectivity index (χ1) is 9.08. The van der Waals surface area contributed by atoms with Crippen LogP contribution in [-0.4, -0.2) is 23.1 Å². The van der Waals surface area contributed by atoms with Crippen molar-refractivity contribution in [2.24, 2.45) is 0 Å². The van der Waals surface area contributed by atoms with Crippen LogP contribution < -0.4 is 4.90 Å². The molecule has 4 nitrogen and oxygen atoms in total. The Balaban J connectivity index is 2.20. The standard InChI is InChI=1S/C14H13FN2O2/c1-17(9-10-4-2-3-5-12(10)15)11-6-7-16-13(8-11)14(18)19/h2-8H,9H2,1H3,(H,18,19). The van der Waals surface area contributed by atoms with Gasteiger partial charge in [0.1, 0.15) is 11.5 Å². The van der Waals surface area contributed by atoms with E-state index < -0.39 is 5.97 Å². The molecule has 0 fully saturated rings. The van der Waals surface area contributed by atoms with E-state index in [9.17, 15) is 9.18 Å². The van der Waals surface area contributed by atoms with Gasteiger partial charge in [0.25, 0.3) is 0 Å². The maximum Gasteiger partial charge on any atom is 0.354 e. The summed E-state index contributed by atoms with van der Waals surface area (Å²) in [6.07, 6.45) is 1.43. The number of aromatic nitrogens is 1. The van der Waals surface area contributed by atoms with Gasteiger partial charge in [0, 0.05) is 31.0 Å². The largest absolute Gasteiger partial charge is 0.477 e. The van der Waals surface area contributed by atoms with Gasteiger partial charge in [0.05, 0.1) is 0 Å². The number of hydrogen-bond acceptors (Lipinski definition) is 3. The molecule has 1 heterocycles. The minimum absolute atomic E-state index is 0.0297. The van der Waals surface area contributed by atoms with Crippen LogP contribution in [0.3, 0.4) is 0 Å². The number of hydrogen-bond donors (Lipinski definition) is 1. The third kappa shape index (κ3) is 3.07. The van der Waals surface area contributed by atoms with Crippen molar-refractivity contribution in [2.75, 3.05) is 11.9 Å². The highest BCUT2D eigenvalue weighted by Gasteiger charge is 2.09. The summed E-state index contributed by atoms with van der Waals surface area (Å²) >= 11 is 0. The van der Waals surface area contributed by atoms with Gasteiger partial charge in [-0.25, -0.2) is 14.2 Å². The van der Waals surface area contributed by atoms with E-state index in [0.29, 0.717) is 17.8 Å². The van der Waals surface area contributed by atoms with Crippen LogP contribution in [0.25, 0.3) is 0 Å². The Morgan fingerprint density at radius 3 is 2.79 bits per heavy atom. The molecule has 98 valence electrons. The lowest BCUT2D eigenvalue weighted by atomic mass is 10.2. The van der Waals surface area contributed by atoms with E-state index in [4.69, 9.17) is 5.11 Å². The highest BCUT2D eigenvalue weighted by Crippen LogP contribution is 2.17. The maximum absolute atomic E-state index is 13.5. The fraction of sp³-hybridized carbons (Fsp3) is 0.143. The molecule has 0 saturated carbocycles. The summed E-state index contributed by atoms with van der Waals surface area (Å²) in [5, 5.41) is 8.88. The van der Waals surface area contributed by atoms with Crippen LogP contribution in [0.1, 0.15) is 16.1 Å². The van der Waals surface area contributed by atoms with Crippen LogP contribution in [0, 0.1) is 5.82 Å². The van der Waals surface area contributed by atoms with Crippen molar-refractivity contribution in [3.63, 3.8) is 0 Å². The van der Waals surface area contributed by atoms with Crippen LogP contribution in [0.5, 0.6) is 0 Å². The number of nitrogens with zero attached hydrogens (tertiary/aromatic N) is 2. The quantitative estimate of drug-likeness (QED) is 0.917. The Labute approximate surface area is 110 Å². The summed E-state index contributed by atoms with van der Waals surface area (Å²) in [5.74, 6) is -1.36. The van der Waals surface area contributed by atoms with E-state index in [2.05, 4.69) is 4.98 Å². The summed E-state index contributed by atoms with van der Waals surface area (Å²) < 4.78 is 13.5. The fourth-order valence-electron chi connectivity index (χ4n) is 1.75. The molecule has 0 amide bonds. The van der Waals surface area contributed by atoms with Crippen molar-refractivity contribution < 1.29 is 14.3 Å². The second kappa shape index (κ2) is 5.48. The van der Waals surface area contributed by atoms with Crippen LogP contribution in [0.2, 0.25) is 0 Å². The first kappa shape index (κ1) is 13.0.